The molecule has 3 N–H and O–H groups in total. The largest absolute Gasteiger partial charge is 0.370 e. The van der Waals surface area contributed by atoms with E-state index in [4.69, 9.17) is 10.3 Å². The number of hydrogen-bond donors (Lipinski definition) is 2. The molecule has 1 aromatic heterocycles. The Morgan fingerprint density at radius 3 is 2.50 bits per heavy atom. The van der Waals surface area contributed by atoms with Crippen LogP contribution in [0.4, 0.5) is 5.88 Å². The molecule has 7 heteroatoms. The number of aromatic nitrogens is 1. The van der Waals surface area contributed by atoms with Crippen LogP contribution in [-0.2, 0) is 21.5 Å². The summed E-state index contributed by atoms with van der Waals surface area (Å²) in [6.45, 7) is 7.12. The molecule has 0 saturated heterocycles. The van der Waals surface area contributed by atoms with Crippen LogP contribution >= 0.6 is 0 Å². The average molecular weight is 358 g/mol. The van der Waals surface area contributed by atoms with Gasteiger partial charge >= 0.3 is 0 Å². The molecule has 7 nitrogen and oxygen atoms in total. The van der Waals surface area contributed by atoms with E-state index in [0.717, 1.165) is 11.3 Å². The first-order valence-electron chi connectivity index (χ1n) is 8.55. The van der Waals surface area contributed by atoms with Crippen LogP contribution in [0.3, 0.4) is 0 Å². The number of amides is 2. The van der Waals surface area contributed by atoms with Gasteiger partial charge in [-0.15, -0.1) is 0 Å². The lowest BCUT2D eigenvalue weighted by molar-refractivity contribution is -0.120. The molecule has 0 saturated carbocycles. The molecule has 2 rings (SSSR count). The Balaban J connectivity index is 1.98. The molecule has 0 aliphatic carbocycles. The van der Waals surface area contributed by atoms with Gasteiger partial charge in [0.15, 0.2) is 0 Å². The number of hydrogen-bond acceptors (Lipinski definition) is 5. The third-order valence-corrected chi connectivity index (χ3v) is 3.83. The summed E-state index contributed by atoms with van der Waals surface area (Å²) in [5.41, 5.74) is 6.90. The number of nitrogens with one attached hydrogen (secondary N) is 1. The van der Waals surface area contributed by atoms with Crippen molar-refractivity contribution in [3.05, 3.63) is 47.7 Å². The molecule has 0 fully saturated rings. The van der Waals surface area contributed by atoms with E-state index in [1.165, 1.54) is 0 Å². The van der Waals surface area contributed by atoms with E-state index in [2.05, 4.69) is 10.5 Å². The van der Waals surface area contributed by atoms with E-state index in [-0.39, 0.29) is 24.3 Å². The minimum Gasteiger partial charge on any atom is -0.370 e. The van der Waals surface area contributed by atoms with Crippen LogP contribution in [0.2, 0.25) is 0 Å². The van der Waals surface area contributed by atoms with Crippen molar-refractivity contribution < 1.29 is 14.1 Å². The molecule has 1 heterocycles. The highest BCUT2D eigenvalue weighted by Crippen LogP contribution is 2.23. The van der Waals surface area contributed by atoms with E-state index in [9.17, 15) is 9.59 Å². The number of anilines is 1. The molecule has 0 aliphatic heterocycles. The number of primary amides is 1. The summed E-state index contributed by atoms with van der Waals surface area (Å²) in [4.78, 5) is 25.3. The van der Waals surface area contributed by atoms with Gasteiger partial charge in [-0.2, -0.15) is 0 Å². The molecule has 0 aliphatic rings. The lowest BCUT2D eigenvalue weighted by atomic mass is 9.92. The molecular weight excluding hydrogens is 332 g/mol. The van der Waals surface area contributed by atoms with Gasteiger partial charge in [-0.1, -0.05) is 56.3 Å². The Hall–Kier alpha value is -2.67. The number of rotatable bonds is 8. The lowest BCUT2D eigenvalue weighted by Gasteiger charge is -2.21. The van der Waals surface area contributed by atoms with Gasteiger partial charge in [-0.3, -0.25) is 19.8 Å². The van der Waals surface area contributed by atoms with E-state index in [0.29, 0.717) is 19.0 Å². The van der Waals surface area contributed by atoms with Crippen molar-refractivity contribution in [2.24, 2.45) is 5.73 Å². The normalized spacial score (nSPS) is 11.5. The molecule has 2 amide bonds. The maximum atomic E-state index is 12.4. The van der Waals surface area contributed by atoms with E-state index >= 15 is 0 Å². The Kier molecular flexibility index (Phi) is 6.52. The second-order valence-corrected chi connectivity index (χ2v) is 7.29. The zero-order chi connectivity index (χ0) is 19.2. The predicted octanol–water partition coefficient (Wildman–Crippen LogP) is 2.29. The number of carbonyl (C=O) groups is 2. The molecule has 0 unspecified atom stereocenters. The van der Waals surface area contributed by atoms with Crippen LogP contribution in [0.25, 0.3) is 0 Å². The minimum atomic E-state index is -0.395. The molecule has 1 aromatic carbocycles. The number of carbonyl (C=O) groups excluding carboxylic acids is 2. The van der Waals surface area contributed by atoms with Gasteiger partial charge in [0, 0.05) is 31.0 Å². The van der Waals surface area contributed by atoms with Gasteiger partial charge in [0.1, 0.15) is 0 Å². The van der Waals surface area contributed by atoms with Gasteiger partial charge in [-0.25, -0.2) is 0 Å². The zero-order valence-corrected chi connectivity index (χ0v) is 15.5. The number of benzene rings is 1. The first-order valence-corrected chi connectivity index (χ1v) is 8.55. The monoisotopic (exact) mass is 358 g/mol. The topological polar surface area (TPSA) is 101 Å². The number of nitrogens with two attached hydrogens (primary N) is 1. The van der Waals surface area contributed by atoms with Crippen LogP contribution in [0.1, 0.15) is 38.4 Å². The van der Waals surface area contributed by atoms with Crippen molar-refractivity contribution >= 4 is 17.7 Å². The summed E-state index contributed by atoms with van der Waals surface area (Å²) in [6, 6.07) is 11.5. The first kappa shape index (κ1) is 19.7. The molecule has 140 valence electrons. The van der Waals surface area contributed by atoms with Crippen molar-refractivity contribution in [3.63, 3.8) is 0 Å². The standard InChI is InChI=1S/C19H26N4O3/c1-19(2,3)15-11-18(26-22-15)21-17(25)13-23(10-9-16(20)24)12-14-7-5-4-6-8-14/h4-8,11H,9-10,12-13H2,1-3H3,(H2,20,24)(H,21,25). The second-order valence-electron chi connectivity index (χ2n) is 7.29. The Labute approximate surface area is 153 Å². The van der Waals surface area contributed by atoms with Crippen molar-refractivity contribution in [2.75, 3.05) is 18.4 Å². The summed E-state index contributed by atoms with van der Waals surface area (Å²) in [6.07, 6.45) is 0.191. The fourth-order valence-electron chi connectivity index (χ4n) is 2.39. The Morgan fingerprint density at radius 1 is 1.23 bits per heavy atom. The second kappa shape index (κ2) is 8.62. The quantitative estimate of drug-likeness (QED) is 0.754. The highest BCUT2D eigenvalue weighted by Gasteiger charge is 2.20. The molecule has 0 bridgehead atoms. The van der Waals surface area contributed by atoms with Crippen LogP contribution in [0.15, 0.2) is 40.9 Å². The van der Waals surface area contributed by atoms with Gasteiger partial charge in [0.2, 0.25) is 17.7 Å². The summed E-state index contributed by atoms with van der Waals surface area (Å²) >= 11 is 0. The minimum absolute atomic E-state index is 0.119. The summed E-state index contributed by atoms with van der Waals surface area (Å²) in [5, 5.41) is 6.69. The van der Waals surface area contributed by atoms with Crippen molar-refractivity contribution in [1.29, 1.82) is 0 Å². The Bertz CT molecular complexity index is 735. The maximum absolute atomic E-state index is 12.4. The van der Waals surface area contributed by atoms with Gasteiger partial charge in [0.25, 0.3) is 0 Å². The van der Waals surface area contributed by atoms with E-state index in [1.807, 2.05) is 56.0 Å². The third kappa shape index (κ3) is 6.33. The van der Waals surface area contributed by atoms with Gasteiger partial charge < -0.3 is 10.3 Å². The fraction of sp³-hybridized carbons (Fsp3) is 0.421. The molecule has 0 radical (unpaired) electrons. The van der Waals surface area contributed by atoms with Crippen molar-refractivity contribution in [3.8, 4) is 0 Å². The van der Waals surface area contributed by atoms with Crippen LogP contribution in [0.5, 0.6) is 0 Å². The average Bonchev–Trinajstić information content (AvgIpc) is 3.02. The summed E-state index contributed by atoms with van der Waals surface area (Å²) < 4.78 is 5.19. The number of nitrogens with zero attached hydrogens (tertiary/aromatic N) is 2. The third-order valence-electron chi connectivity index (χ3n) is 3.83. The van der Waals surface area contributed by atoms with Crippen LogP contribution < -0.4 is 11.1 Å². The molecule has 2 aromatic rings. The predicted molar refractivity (Wildman–Crippen MR) is 99.4 cm³/mol. The van der Waals surface area contributed by atoms with Gasteiger partial charge in [0.05, 0.1) is 12.2 Å². The molecule has 26 heavy (non-hydrogen) atoms. The van der Waals surface area contributed by atoms with Crippen LogP contribution in [-0.4, -0.2) is 35.0 Å². The zero-order valence-electron chi connectivity index (χ0n) is 15.5. The highest BCUT2D eigenvalue weighted by molar-refractivity contribution is 5.91. The highest BCUT2D eigenvalue weighted by atomic mass is 16.5. The Morgan fingerprint density at radius 2 is 1.92 bits per heavy atom. The van der Waals surface area contributed by atoms with Gasteiger partial charge in [-0.05, 0) is 5.56 Å². The smallest absolute Gasteiger partial charge is 0.240 e. The molecule has 0 spiro atoms. The van der Waals surface area contributed by atoms with E-state index < -0.39 is 5.91 Å². The van der Waals surface area contributed by atoms with E-state index in [1.54, 1.807) is 6.07 Å². The summed E-state index contributed by atoms with van der Waals surface area (Å²) in [7, 11) is 0. The summed E-state index contributed by atoms with van der Waals surface area (Å²) in [5.74, 6) is -0.315. The van der Waals surface area contributed by atoms with Crippen molar-refractivity contribution in [2.45, 2.75) is 39.2 Å². The van der Waals surface area contributed by atoms with Crippen molar-refractivity contribution in [1.82, 2.24) is 10.1 Å². The fourth-order valence-corrected chi connectivity index (χ4v) is 2.39. The molecule has 0 atom stereocenters. The first-order chi connectivity index (χ1) is 12.2. The SMILES string of the molecule is CC(C)(C)c1cc(NC(=O)CN(CCC(N)=O)Cc2ccccc2)on1. The maximum Gasteiger partial charge on any atom is 0.240 e. The van der Waals surface area contributed by atoms with Crippen LogP contribution in [0, 0.1) is 0 Å². The lowest BCUT2D eigenvalue weighted by Crippen LogP contribution is -2.35. The molecular formula is C19H26N4O3.